The van der Waals surface area contributed by atoms with Gasteiger partial charge in [0.05, 0.1) is 0 Å². The molecule has 214 valence electrons. The Morgan fingerprint density at radius 1 is 0.400 bits per heavy atom. The van der Waals surface area contributed by atoms with E-state index in [-0.39, 0.29) is 0 Å². The van der Waals surface area contributed by atoms with E-state index in [0.29, 0.717) is 23.7 Å². The average Bonchev–Trinajstić information content (AvgIpc) is 3.70. The van der Waals surface area contributed by atoms with Gasteiger partial charge in [0.2, 0.25) is 0 Å². The Morgan fingerprint density at radius 2 is 0.700 bits per heavy atom. The van der Waals surface area contributed by atoms with Gasteiger partial charge in [0, 0.05) is 39.0 Å². The smallest absolute Gasteiger partial charge is 0.0484 e. The van der Waals surface area contributed by atoms with Crippen molar-refractivity contribution in [2.24, 2.45) is 23.7 Å². The van der Waals surface area contributed by atoms with Crippen LogP contribution >= 0.6 is 45.3 Å². The lowest BCUT2D eigenvalue weighted by Gasteiger charge is -2.36. The van der Waals surface area contributed by atoms with Crippen LogP contribution in [0.25, 0.3) is 29.3 Å². The van der Waals surface area contributed by atoms with Crippen molar-refractivity contribution >= 4 is 45.3 Å². The number of hydrogen-bond acceptors (Lipinski definition) is 4. The molecule has 0 amide bonds. The molecule has 2 aliphatic carbocycles. The van der Waals surface area contributed by atoms with E-state index in [0.717, 1.165) is 23.7 Å². The van der Waals surface area contributed by atoms with Crippen molar-refractivity contribution in [3.63, 3.8) is 0 Å². The van der Waals surface area contributed by atoms with Crippen molar-refractivity contribution in [2.75, 3.05) is 0 Å². The highest BCUT2D eigenvalue weighted by Crippen LogP contribution is 2.56. The zero-order chi connectivity index (χ0) is 28.9. The van der Waals surface area contributed by atoms with Gasteiger partial charge >= 0.3 is 0 Å². The Bertz CT molecular complexity index is 1400. The van der Waals surface area contributed by atoms with E-state index in [4.69, 9.17) is 0 Å². The molecular formula is C36H46S4. The lowest BCUT2D eigenvalue weighted by atomic mass is 9.69. The number of rotatable bonds is 3. The van der Waals surface area contributed by atoms with E-state index in [2.05, 4.69) is 118 Å². The molecule has 4 heteroatoms. The quantitative estimate of drug-likeness (QED) is 0.218. The third-order valence-corrected chi connectivity index (χ3v) is 17.8. The van der Waals surface area contributed by atoms with Crippen molar-refractivity contribution in [1.82, 2.24) is 0 Å². The highest BCUT2D eigenvalue weighted by atomic mass is 32.1. The third kappa shape index (κ3) is 4.13. The predicted octanol–water partition coefficient (Wildman–Crippen LogP) is 13.2. The molecule has 0 bridgehead atoms. The van der Waals surface area contributed by atoms with Crippen molar-refractivity contribution in [3.8, 4) is 29.3 Å². The van der Waals surface area contributed by atoms with Gasteiger partial charge in [0.25, 0.3) is 0 Å². The molecule has 0 saturated carbocycles. The Balaban J connectivity index is 1.42. The molecule has 4 heterocycles. The van der Waals surface area contributed by atoms with Crippen LogP contribution in [0.15, 0.2) is 12.1 Å². The molecule has 0 aliphatic heterocycles. The summed E-state index contributed by atoms with van der Waals surface area (Å²) in [4.78, 5) is 12.2. The molecule has 8 unspecified atom stereocenters. The Labute approximate surface area is 258 Å². The molecule has 0 radical (unpaired) electrons. The van der Waals surface area contributed by atoms with E-state index in [1.165, 1.54) is 51.5 Å². The summed E-state index contributed by atoms with van der Waals surface area (Å²) in [6, 6.07) is 5.12. The summed E-state index contributed by atoms with van der Waals surface area (Å²) in [6.07, 6.45) is 0. The van der Waals surface area contributed by atoms with Crippen molar-refractivity contribution in [1.29, 1.82) is 0 Å². The fourth-order valence-corrected chi connectivity index (χ4v) is 13.5. The largest absolute Gasteiger partial charge is 0.139 e. The van der Waals surface area contributed by atoms with E-state index in [1.54, 1.807) is 20.9 Å². The first-order chi connectivity index (χ1) is 18.8. The first-order valence-electron chi connectivity index (χ1n) is 15.3. The van der Waals surface area contributed by atoms with Crippen LogP contribution in [0.5, 0.6) is 0 Å². The van der Waals surface area contributed by atoms with Gasteiger partial charge in [-0.1, -0.05) is 55.4 Å². The van der Waals surface area contributed by atoms with Crippen LogP contribution in [0.2, 0.25) is 0 Å². The van der Waals surface area contributed by atoms with Crippen molar-refractivity contribution in [3.05, 3.63) is 55.3 Å². The van der Waals surface area contributed by atoms with Crippen LogP contribution in [0.1, 0.15) is 122 Å². The van der Waals surface area contributed by atoms with Crippen LogP contribution in [-0.4, -0.2) is 0 Å². The van der Waals surface area contributed by atoms with E-state index >= 15 is 0 Å². The summed E-state index contributed by atoms with van der Waals surface area (Å²) < 4.78 is 0. The number of hydrogen-bond donors (Lipinski definition) is 0. The number of fused-ring (bicyclic) bond motifs is 2. The number of thiophene rings is 4. The molecule has 0 fully saturated rings. The minimum Gasteiger partial charge on any atom is -0.139 e. The maximum Gasteiger partial charge on any atom is 0.0484 e. The predicted molar refractivity (Wildman–Crippen MR) is 184 cm³/mol. The summed E-state index contributed by atoms with van der Waals surface area (Å²) in [7, 11) is 0. The zero-order valence-electron chi connectivity index (χ0n) is 26.4. The molecular weight excluding hydrogens is 561 g/mol. The van der Waals surface area contributed by atoms with Gasteiger partial charge in [-0.3, -0.25) is 0 Å². The lowest BCUT2D eigenvalue weighted by molar-refractivity contribution is 0.277. The first-order valence-corrected chi connectivity index (χ1v) is 18.6. The van der Waals surface area contributed by atoms with Crippen LogP contribution < -0.4 is 0 Å². The van der Waals surface area contributed by atoms with Gasteiger partial charge in [-0.2, -0.15) is 0 Å². The van der Waals surface area contributed by atoms with Gasteiger partial charge < -0.3 is 0 Å². The Hall–Kier alpha value is -1.20. The Morgan fingerprint density at radius 3 is 1.05 bits per heavy atom. The molecule has 0 nitrogen and oxygen atoms in total. The van der Waals surface area contributed by atoms with Crippen molar-refractivity contribution < 1.29 is 0 Å². The summed E-state index contributed by atoms with van der Waals surface area (Å²) >= 11 is 8.24. The van der Waals surface area contributed by atoms with Gasteiger partial charge in [0.15, 0.2) is 0 Å². The minimum atomic E-state index is 0.643. The maximum atomic E-state index is 2.56. The summed E-state index contributed by atoms with van der Waals surface area (Å²) in [5.41, 5.74) is 9.13. The molecule has 0 saturated heterocycles. The standard InChI is InChI=1S/C36H46S4/c1-15-17(3)21(7)31-27(19(15)5)13-29(37-31)33-23(9)25(11)35(39-33)36-26(12)24(10)34(40-36)30-14-28-20(6)16(2)18(4)22(8)32(28)38-30/h13-22H,1-12H3. The van der Waals surface area contributed by atoms with Gasteiger partial charge in [-0.15, -0.1) is 45.3 Å². The maximum absolute atomic E-state index is 2.56. The van der Waals surface area contributed by atoms with E-state index in [9.17, 15) is 0 Å². The lowest BCUT2D eigenvalue weighted by Crippen LogP contribution is -2.25. The third-order valence-electron chi connectivity index (χ3n) is 11.8. The first kappa shape index (κ1) is 28.9. The molecule has 0 spiro atoms. The van der Waals surface area contributed by atoms with Gasteiger partial charge in [0.1, 0.15) is 0 Å². The average molecular weight is 607 g/mol. The highest BCUT2D eigenvalue weighted by Gasteiger charge is 2.37. The summed E-state index contributed by atoms with van der Waals surface area (Å²) in [6.45, 7) is 29.1. The van der Waals surface area contributed by atoms with Crippen LogP contribution in [0.3, 0.4) is 0 Å². The monoisotopic (exact) mass is 606 g/mol. The topological polar surface area (TPSA) is 0 Å². The van der Waals surface area contributed by atoms with Gasteiger partial charge in [-0.05, 0) is 121 Å². The van der Waals surface area contributed by atoms with Crippen LogP contribution in [0, 0.1) is 51.4 Å². The molecule has 4 aromatic heterocycles. The molecule has 8 atom stereocenters. The SMILES string of the molecule is Cc1c(-c2cc3c(s2)C(C)C(C)C(C)C3C)sc(-c2sc(-c3cc4c(s3)C(C)C(C)C(C)C4C)c(C)c2C)c1C. The van der Waals surface area contributed by atoms with E-state index < -0.39 is 0 Å². The highest BCUT2D eigenvalue weighted by molar-refractivity contribution is 7.29. The van der Waals surface area contributed by atoms with E-state index in [1.807, 2.05) is 22.7 Å². The fraction of sp³-hybridized carbons (Fsp3) is 0.556. The normalized spacial score (nSPS) is 30.0. The van der Waals surface area contributed by atoms with Gasteiger partial charge in [-0.25, -0.2) is 0 Å². The zero-order valence-corrected chi connectivity index (χ0v) is 29.7. The summed E-state index contributed by atoms with van der Waals surface area (Å²) in [5.74, 6) is 5.55. The second-order valence-electron chi connectivity index (χ2n) is 13.5. The molecule has 4 aromatic rings. The van der Waals surface area contributed by atoms with Crippen molar-refractivity contribution in [2.45, 2.75) is 107 Å². The molecule has 0 N–H and O–H groups in total. The molecule has 40 heavy (non-hydrogen) atoms. The molecule has 2 aliphatic rings. The molecule has 0 aromatic carbocycles. The second kappa shape index (κ2) is 10.2. The Kier molecular flexibility index (Phi) is 7.38. The summed E-state index contributed by atoms with van der Waals surface area (Å²) in [5, 5.41) is 0. The van der Waals surface area contributed by atoms with Crippen LogP contribution in [0.4, 0.5) is 0 Å². The minimum absolute atomic E-state index is 0.643. The molecule has 6 rings (SSSR count). The second-order valence-corrected chi connectivity index (χ2v) is 17.7. The fourth-order valence-electron chi connectivity index (χ4n) is 7.45. The van der Waals surface area contributed by atoms with Crippen LogP contribution in [-0.2, 0) is 0 Å².